The fourth-order valence-corrected chi connectivity index (χ4v) is 7.16. The van der Waals surface area contributed by atoms with Crippen LogP contribution < -0.4 is 0 Å². The standard InChI is InChI=1S/C26H32O7/c1-13-15-11-18(27)33-22(3,4)16(15)9-10-24(6)17(13)12-23(5)14(2)26(24,21(30)32-8)20(29)25(7,31)19(23)28/h9,17,31H,2,10-12H2,1,3-8H3/t17-,23+,24+,25-,26-/m0/s1. The molecular formula is C26H32O7. The molecule has 3 aliphatic carbocycles. The largest absolute Gasteiger partial charge is 0.468 e. The van der Waals surface area contributed by atoms with Crippen LogP contribution in [0.25, 0.3) is 0 Å². The maximum atomic E-state index is 14.0. The molecule has 0 aromatic carbocycles. The van der Waals surface area contributed by atoms with Crippen LogP contribution in [0.2, 0.25) is 0 Å². The van der Waals surface area contributed by atoms with Crippen LogP contribution in [-0.2, 0) is 28.7 Å². The lowest BCUT2D eigenvalue weighted by molar-refractivity contribution is -0.192. The summed E-state index contributed by atoms with van der Waals surface area (Å²) in [6, 6.07) is 0. The molecule has 0 aromatic rings. The first kappa shape index (κ1) is 23.6. The third kappa shape index (κ3) is 2.49. The van der Waals surface area contributed by atoms with E-state index >= 15 is 0 Å². The van der Waals surface area contributed by atoms with Crippen molar-refractivity contribution >= 4 is 23.5 Å². The topological polar surface area (TPSA) is 107 Å². The third-order valence-electron chi connectivity index (χ3n) is 8.97. The molecule has 0 radical (unpaired) electrons. The highest BCUT2D eigenvalue weighted by Gasteiger charge is 2.78. The van der Waals surface area contributed by atoms with Crippen LogP contribution in [0.4, 0.5) is 0 Å². The van der Waals surface area contributed by atoms with Gasteiger partial charge < -0.3 is 14.6 Å². The summed E-state index contributed by atoms with van der Waals surface area (Å²) in [5, 5.41) is 11.1. The number of hydrogen-bond donors (Lipinski definition) is 1. The first-order valence-corrected chi connectivity index (χ1v) is 11.3. The van der Waals surface area contributed by atoms with Crippen molar-refractivity contribution < 1.29 is 33.8 Å². The highest BCUT2D eigenvalue weighted by molar-refractivity contribution is 6.26. The number of ether oxygens (including phenoxy) is 2. The van der Waals surface area contributed by atoms with E-state index in [-0.39, 0.29) is 30.8 Å². The lowest BCUT2D eigenvalue weighted by atomic mass is 9.36. The van der Waals surface area contributed by atoms with E-state index in [0.717, 1.165) is 16.7 Å². The molecule has 2 bridgehead atoms. The summed E-state index contributed by atoms with van der Waals surface area (Å²) in [4.78, 5) is 53.5. The highest BCUT2D eigenvalue weighted by atomic mass is 16.6. The Bertz CT molecular complexity index is 1090. The van der Waals surface area contributed by atoms with Crippen molar-refractivity contribution in [2.24, 2.45) is 22.2 Å². The summed E-state index contributed by atoms with van der Waals surface area (Å²) in [5.41, 5.74) is -4.89. The molecule has 0 unspecified atom stereocenters. The minimum atomic E-state index is -2.36. The summed E-state index contributed by atoms with van der Waals surface area (Å²) in [7, 11) is 1.20. The van der Waals surface area contributed by atoms with Crippen molar-refractivity contribution in [3.8, 4) is 0 Å². The van der Waals surface area contributed by atoms with Crippen LogP contribution >= 0.6 is 0 Å². The number of cyclic esters (lactones) is 1. The van der Waals surface area contributed by atoms with Gasteiger partial charge in [-0.25, -0.2) is 0 Å². The lowest BCUT2D eigenvalue weighted by Crippen LogP contribution is -2.74. The number of aliphatic hydroxyl groups is 1. The number of esters is 2. The van der Waals surface area contributed by atoms with Crippen LogP contribution in [-0.4, -0.2) is 46.9 Å². The van der Waals surface area contributed by atoms with Crippen molar-refractivity contribution in [1.29, 1.82) is 0 Å². The number of allylic oxidation sites excluding steroid dienone is 2. The summed E-state index contributed by atoms with van der Waals surface area (Å²) >= 11 is 0. The molecule has 0 amide bonds. The van der Waals surface area contributed by atoms with Crippen molar-refractivity contribution in [2.75, 3.05) is 7.11 Å². The zero-order valence-electron chi connectivity index (χ0n) is 20.4. The summed E-state index contributed by atoms with van der Waals surface area (Å²) in [6.07, 6.45) is 2.55. The van der Waals surface area contributed by atoms with Crippen molar-refractivity contribution in [3.05, 3.63) is 34.9 Å². The van der Waals surface area contributed by atoms with Crippen LogP contribution in [0, 0.1) is 22.2 Å². The van der Waals surface area contributed by atoms with Crippen LogP contribution in [0.5, 0.6) is 0 Å². The van der Waals surface area contributed by atoms with E-state index < -0.39 is 50.9 Å². The van der Waals surface area contributed by atoms with Gasteiger partial charge in [-0.2, -0.15) is 0 Å². The van der Waals surface area contributed by atoms with Crippen LogP contribution in [0.3, 0.4) is 0 Å². The molecule has 4 rings (SSSR count). The zero-order valence-corrected chi connectivity index (χ0v) is 20.4. The SMILES string of the molecule is C=C1[C@@]2(C)C[C@H]3C(C)=C4CC(=O)OC(C)(C)C4=CC[C@@]3(C)[C@]1(C(=O)OC)C(=O)[C@@](C)(O)C2=O. The number of ketones is 2. The molecule has 4 aliphatic rings. The summed E-state index contributed by atoms with van der Waals surface area (Å²) < 4.78 is 10.8. The molecule has 178 valence electrons. The molecule has 5 atom stereocenters. The van der Waals surface area contributed by atoms with E-state index in [0.29, 0.717) is 0 Å². The molecule has 7 heteroatoms. The van der Waals surface area contributed by atoms with Crippen molar-refractivity contribution in [2.45, 2.75) is 72.0 Å². The van der Waals surface area contributed by atoms with Crippen LogP contribution in [0.15, 0.2) is 34.9 Å². The fourth-order valence-electron chi connectivity index (χ4n) is 7.16. The first-order chi connectivity index (χ1) is 15.0. The third-order valence-corrected chi connectivity index (χ3v) is 8.97. The van der Waals surface area contributed by atoms with Gasteiger partial charge in [0, 0.05) is 5.41 Å². The predicted molar refractivity (Wildman–Crippen MR) is 119 cm³/mol. The van der Waals surface area contributed by atoms with Crippen molar-refractivity contribution in [1.82, 2.24) is 0 Å². The number of rotatable bonds is 1. The van der Waals surface area contributed by atoms with E-state index in [1.807, 2.05) is 33.8 Å². The van der Waals surface area contributed by atoms with Gasteiger partial charge in [-0.05, 0) is 70.1 Å². The zero-order chi connectivity index (χ0) is 24.9. The maximum absolute atomic E-state index is 14.0. The molecule has 1 saturated heterocycles. The molecule has 33 heavy (non-hydrogen) atoms. The molecule has 0 spiro atoms. The van der Waals surface area contributed by atoms with Crippen LogP contribution in [0.1, 0.15) is 60.8 Å². The second kappa shape index (κ2) is 6.53. The van der Waals surface area contributed by atoms with Gasteiger partial charge in [0.25, 0.3) is 0 Å². The summed E-state index contributed by atoms with van der Waals surface area (Å²) in [5.74, 6) is -3.14. The predicted octanol–water partition coefficient (Wildman–Crippen LogP) is 3.01. The van der Waals surface area contributed by atoms with Gasteiger partial charge in [-0.1, -0.05) is 25.2 Å². The molecule has 1 aliphatic heterocycles. The van der Waals surface area contributed by atoms with E-state index in [1.165, 1.54) is 14.0 Å². The van der Waals surface area contributed by atoms with Crippen molar-refractivity contribution in [3.63, 3.8) is 0 Å². The monoisotopic (exact) mass is 456 g/mol. The molecule has 0 aromatic heterocycles. The van der Waals surface area contributed by atoms with Gasteiger partial charge in [0.2, 0.25) is 0 Å². The number of hydrogen-bond acceptors (Lipinski definition) is 7. The minimum Gasteiger partial charge on any atom is -0.468 e. The minimum absolute atomic E-state index is 0.0795. The second-order valence-corrected chi connectivity index (χ2v) is 11.1. The average Bonchev–Trinajstić information content (AvgIpc) is 2.82. The average molecular weight is 457 g/mol. The highest BCUT2D eigenvalue weighted by Crippen LogP contribution is 2.70. The normalized spacial score (nSPS) is 42.1. The Balaban J connectivity index is 2.10. The Hall–Kier alpha value is -2.54. The smallest absolute Gasteiger partial charge is 0.324 e. The Kier molecular flexibility index (Phi) is 4.67. The van der Waals surface area contributed by atoms with Gasteiger partial charge in [0.05, 0.1) is 18.9 Å². The molecule has 2 saturated carbocycles. The lowest BCUT2D eigenvalue weighted by Gasteiger charge is -2.63. The molecule has 3 fully saturated rings. The number of methoxy groups -OCH3 is 1. The maximum Gasteiger partial charge on any atom is 0.324 e. The Morgan fingerprint density at radius 2 is 1.76 bits per heavy atom. The number of carbonyl (C=O) groups is 4. The first-order valence-electron chi connectivity index (χ1n) is 11.3. The van der Waals surface area contributed by atoms with E-state index in [2.05, 4.69) is 6.58 Å². The Labute approximate surface area is 193 Å². The summed E-state index contributed by atoms with van der Waals surface area (Å²) in [6.45, 7) is 14.3. The number of fused-ring (bicyclic) bond motifs is 5. The number of Topliss-reactive ketones (excluding diaryl/α,β-unsaturated/α-hetero) is 2. The Morgan fingerprint density at radius 1 is 1.15 bits per heavy atom. The quantitative estimate of drug-likeness (QED) is 0.367. The van der Waals surface area contributed by atoms with Gasteiger partial charge in [0.15, 0.2) is 22.6 Å². The molecule has 1 N–H and O–H groups in total. The molecule has 7 nitrogen and oxygen atoms in total. The fraction of sp³-hybridized carbons (Fsp3) is 0.615. The van der Waals surface area contributed by atoms with E-state index in [9.17, 15) is 24.3 Å². The van der Waals surface area contributed by atoms with Gasteiger partial charge in [-0.3, -0.25) is 19.2 Å². The van der Waals surface area contributed by atoms with Gasteiger partial charge in [0.1, 0.15) is 5.60 Å². The molecule has 1 heterocycles. The Morgan fingerprint density at radius 3 is 2.33 bits per heavy atom. The van der Waals surface area contributed by atoms with Gasteiger partial charge >= 0.3 is 11.9 Å². The van der Waals surface area contributed by atoms with E-state index in [4.69, 9.17) is 9.47 Å². The number of carbonyl (C=O) groups excluding carboxylic acids is 4. The van der Waals surface area contributed by atoms with E-state index in [1.54, 1.807) is 6.92 Å². The molecular weight excluding hydrogens is 424 g/mol. The second-order valence-electron chi connectivity index (χ2n) is 11.1. The van der Waals surface area contributed by atoms with Gasteiger partial charge in [-0.15, -0.1) is 0 Å².